The van der Waals surface area contributed by atoms with E-state index < -0.39 is 0 Å². The Hall–Kier alpha value is -5.66. The van der Waals surface area contributed by atoms with E-state index in [-0.39, 0.29) is 24.2 Å². The molecule has 0 saturated carbocycles. The largest absolute Gasteiger partial charge is 0.456 e. The maximum atomic E-state index is 9.59. The van der Waals surface area contributed by atoms with Crippen LogP contribution in [0.5, 0.6) is 0 Å². The lowest BCUT2D eigenvalue weighted by molar-refractivity contribution is 0.669. The monoisotopic (exact) mass is 550 g/mol. The van der Waals surface area contributed by atoms with E-state index >= 15 is 0 Å². The molecule has 1 heterocycles. The molecule has 0 bridgehead atoms. The van der Waals surface area contributed by atoms with Crippen LogP contribution < -0.4 is 0 Å². The predicted octanol–water partition coefficient (Wildman–Crippen LogP) is 12.0. The molecule has 0 aliphatic carbocycles. The van der Waals surface area contributed by atoms with Gasteiger partial charge in [-0.15, -0.1) is 0 Å². The van der Waals surface area contributed by atoms with Gasteiger partial charge >= 0.3 is 0 Å². The van der Waals surface area contributed by atoms with Crippen molar-refractivity contribution >= 4 is 54.3 Å². The average molecular weight is 551 g/mol. The molecular weight excluding hydrogens is 520 g/mol. The molecule has 9 aromatic rings. The topological polar surface area (TPSA) is 13.1 Å². The Morgan fingerprint density at radius 1 is 0.395 bits per heavy atom. The van der Waals surface area contributed by atoms with Crippen LogP contribution in [0.15, 0.2) is 162 Å². The molecule has 200 valence electrons. The highest BCUT2D eigenvalue weighted by Gasteiger charge is 2.18. The van der Waals surface area contributed by atoms with Gasteiger partial charge < -0.3 is 4.42 Å². The summed E-state index contributed by atoms with van der Waals surface area (Å²) in [6.45, 7) is 0. The van der Waals surface area contributed by atoms with Crippen LogP contribution >= 0.6 is 0 Å². The molecule has 0 unspecified atom stereocenters. The summed E-state index contributed by atoms with van der Waals surface area (Å²) < 4.78 is 42.8. The average Bonchev–Trinajstić information content (AvgIpc) is 3.48. The number of fused-ring (bicyclic) bond motifs is 6. The third-order valence-electron chi connectivity index (χ3n) is 8.51. The normalized spacial score (nSPS) is 13.0. The molecule has 1 nitrogen and oxygen atoms in total. The van der Waals surface area contributed by atoms with Crippen molar-refractivity contribution in [3.63, 3.8) is 0 Å². The van der Waals surface area contributed by atoms with Gasteiger partial charge in [-0.2, -0.15) is 0 Å². The third-order valence-corrected chi connectivity index (χ3v) is 8.51. The highest BCUT2D eigenvalue weighted by molar-refractivity contribution is 6.22. The molecule has 0 aliphatic heterocycles. The third kappa shape index (κ3) is 3.79. The van der Waals surface area contributed by atoms with Crippen LogP contribution in [0.25, 0.3) is 87.6 Å². The van der Waals surface area contributed by atoms with Crippen LogP contribution in [-0.4, -0.2) is 0 Å². The van der Waals surface area contributed by atoms with Crippen molar-refractivity contribution < 1.29 is 9.90 Å². The van der Waals surface area contributed by atoms with Crippen molar-refractivity contribution in [3.8, 4) is 33.4 Å². The van der Waals surface area contributed by atoms with Gasteiger partial charge in [0.05, 0.1) is 5.48 Å². The molecule has 8 aromatic carbocycles. The minimum Gasteiger partial charge on any atom is -0.456 e. The number of para-hydroxylation sites is 1. The van der Waals surface area contributed by atoms with Crippen LogP contribution in [0.1, 0.15) is 5.48 Å². The fourth-order valence-electron chi connectivity index (χ4n) is 6.55. The van der Waals surface area contributed by atoms with Gasteiger partial charge in [0, 0.05) is 10.8 Å². The van der Waals surface area contributed by atoms with Gasteiger partial charge in [0.2, 0.25) is 0 Å². The summed E-state index contributed by atoms with van der Waals surface area (Å²) in [4.78, 5) is 0. The van der Waals surface area contributed by atoms with Gasteiger partial charge in [0.25, 0.3) is 0 Å². The molecule has 1 aromatic heterocycles. The number of hydrogen-bond acceptors (Lipinski definition) is 1. The van der Waals surface area contributed by atoms with E-state index in [0.717, 1.165) is 70.9 Å². The Morgan fingerprint density at radius 2 is 0.953 bits per heavy atom. The number of benzene rings is 8. The molecule has 0 atom stereocenters. The lowest BCUT2D eigenvalue weighted by Gasteiger charge is -2.18. The first-order valence-corrected chi connectivity index (χ1v) is 14.4. The molecule has 0 N–H and O–H groups in total. The smallest absolute Gasteiger partial charge is 0.135 e. The van der Waals surface area contributed by atoms with Gasteiger partial charge in [-0.05, 0) is 96.0 Å². The molecule has 0 saturated heterocycles. The summed E-state index contributed by atoms with van der Waals surface area (Å²) in [5.41, 5.74) is 5.94. The minimum absolute atomic E-state index is 0.0839. The molecular formula is C42H26O. The zero-order valence-corrected chi connectivity index (χ0v) is 23.1. The van der Waals surface area contributed by atoms with E-state index in [2.05, 4.69) is 30.3 Å². The van der Waals surface area contributed by atoms with Gasteiger partial charge in [-0.1, -0.05) is 127 Å². The SMILES string of the molecule is [2H]c1c([2H])c(-c2ccc3ccccc3c2)c([2H])c(-c2c3ccccc3c(-c3ccc4oc5ccccc5c4c3)c3ccccc23)c1[2H]. The molecule has 43 heavy (non-hydrogen) atoms. The van der Waals surface area contributed by atoms with E-state index in [0.29, 0.717) is 16.7 Å². The van der Waals surface area contributed by atoms with Crippen molar-refractivity contribution in [2.24, 2.45) is 0 Å². The van der Waals surface area contributed by atoms with Crippen molar-refractivity contribution in [2.45, 2.75) is 0 Å². The molecule has 0 spiro atoms. The number of rotatable bonds is 3. The van der Waals surface area contributed by atoms with E-state index in [1.54, 1.807) is 0 Å². The maximum Gasteiger partial charge on any atom is 0.135 e. The number of furan rings is 1. The Balaban J connectivity index is 1.37. The Labute approximate surface area is 254 Å². The summed E-state index contributed by atoms with van der Waals surface area (Å²) in [6.07, 6.45) is 0. The van der Waals surface area contributed by atoms with Gasteiger partial charge in [0.1, 0.15) is 11.2 Å². The maximum absolute atomic E-state index is 9.59. The first-order valence-electron chi connectivity index (χ1n) is 16.4. The highest BCUT2D eigenvalue weighted by Crippen LogP contribution is 2.45. The van der Waals surface area contributed by atoms with Crippen LogP contribution in [0, 0.1) is 0 Å². The van der Waals surface area contributed by atoms with E-state index in [4.69, 9.17) is 7.16 Å². The van der Waals surface area contributed by atoms with E-state index in [9.17, 15) is 2.74 Å². The Kier molecular flexibility index (Phi) is 4.45. The molecule has 9 rings (SSSR count). The second kappa shape index (κ2) is 9.44. The van der Waals surface area contributed by atoms with Crippen LogP contribution in [0.4, 0.5) is 0 Å². The van der Waals surface area contributed by atoms with Crippen LogP contribution in [-0.2, 0) is 0 Å². The van der Waals surface area contributed by atoms with E-state index in [1.807, 2.05) is 103 Å². The molecule has 0 amide bonds. The predicted molar refractivity (Wildman–Crippen MR) is 183 cm³/mol. The molecule has 1 heteroatoms. The fraction of sp³-hybridized carbons (Fsp3) is 0. The van der Waals surface area contributed by atoms with Gasteiger partial charge in [-0.3, -0.25) is 0 Å². The first-order chi connectivity index (χ1) is 23.0. The zero-order valence-electron chi connectivity index (χ0n) is 27.1. The standard InChI is InChI=1S/C42H26O/c1-2-11-28-24-30(21-20-27(28)10-1)29-12-9-13-31(25-29)41-34-15-3-5-17-36(34)42(37-18-6-4-16-35(37)41)32-22-23-40-38(26-32)33-14-7-8-19-39(33)43-40/h1-26H/i9D,12D,13D,25D. The van der Waals surface area contributed by atoms with Crippen molar-refractivity contribution in [1.29, 1.82) is 0 Å². The Morgan fingerprint density at radius 3 is 1.70 bits per heavy atom. The second-order valence-electron chi connectivity index (χ2n) is 11.0. The van der Waals surface area contributed by atoms with Crippen LogP contribution in [0.3, 0.4) is 0 Å². The minimum atomic E-state index is -0.186. The quantitative estimate of drug-likeness (QED) is 0.199. The second-order valence-corrected chi connectivity index (χ2v) is 11.0. The van der Waals surface area contributed by atoms with E-state index in [1.165, 1.54) is 0 Å². The summed E-state index contributed by atoms with van der Waals surface area (Å²) in [5, 5.41) is 7.92. The highest BCUT2D eigenvalue weighted by atomic mass is 16.3. The zero-order chi connectivity index (χ0) is 31.8. The lowest BCUT2D eigenvalue weighted by atomic mass is 9.85. The van der Waals surface area contributed by atoms with Crippen molar-refractivity contribution in [1.82, 2.24) is 0 Å². The molecule has 0 aliphatic rings. The van der Waals surface area contributed by atoms with Crippen LogP contribution in [0.2, 0.25) is 0 Å². The Bertz CT molecular complexity index is 2680. The van der Waals surface area contributed by atoms with Gasteiger partial charge in [0.15, 0.2) is 0 Å². The van der Waals surface area contributed by atoms with Crippen molar-refractivity contribution in [2.75, 3.05) is 0 Å². The molecule has 0 fully saturated rings. The summed E-state index contributed by atoms with van der Waals surface area (Å²) in [5.74, 6) is 0. The lowest BCUT2D eigenvalue weighted by Crippen LogP contribution is -1.91. The summed E-state index contributed by atoms with van der Waals surface area (Å²) >= 11 is 0. The summed E-state index contributed by atoms with van der Waals surface area (Å²) in [6, 6.07) is 44.2. The van der Waals surface area contributed by atoms with Crippen molar-refractivity contribution in [3.05, 3.63) is 158 Å². The fourth-order valence-corrected chi connectivity index (χ4v) is 6.55. The molecule has 0 radical (unpaired) electrons. The number of hydrogen-bond donors (Lipinski definition) is 0. The summed E-state index contributed by atoms with van der Waals surface area (Å²) in [7, 11) is 0. The first kappa shape index (κ1) is 20.3. The van der Waals surface area contributed by atoms with Gasteiger partial charge in [-0.25, -0.2) is 0 Å².